The molecule has 8 nitrogen and oxygen atoms in total. The predicted molar refractivity (Wildman–Crippen MR) is 128 cm³/mol. The van der Waals surface area contributed by atoms with Crippen LogP contribution in [0.4, 0.5) is 10.2 Å². The number of anilines is 1. The number of fused-ring (bicyclic) bond motifs is 1. The number of carbonyl (C=O) groups excluding carboxylic acids is 1. The van der Waals surface area contributed by atoms with Gasteiger partial charge in [0.25, 0.3) is 0 Å². The van der Waals surface area contributed by atoms with Gasteiger partial charge in [-0.05, 0) is 39.3 Å². The summed E-state index contributed by atoms with van der Waals surface area (Å²) >= 11 is 0. The molecule has 5 rings (SSSR count). The van der Waals surface area contributed by atoms with Crippen LogP contribution in [0, 0.1) is 6.92 Å². The Hall–Kier alpha value is -3.75. The molecule has 0 bridgehead atoms. The summed E-state index contributed by atoms with van der Waals surface area (Å²) < 4.78 is 17.4. The van der Waals surface area contributed by atoms with Crippen LogP contribution in [-0.4, -0.2) is 35.4 Å². The number of carbonyl (C=O) groups is 1. The first kappa shape index (κ1) is 22.1. The molecular formula is C25H28FN7O. The van der Waals surface area contributed by atoms with Crippen LogP contribution in [0.2, 0.25) is 0 Å². The molecule has 0 saturated carbocycles. The molecule has 1 N–H and O–H groups in total. The second kappa shape index (κ2) is 8.55. The number of aromatic amines is 1. The number of alkyl halides is 1. The molecule has 176 valence electrons. The largest absolute Gasteiger partial charge is 0.339 e. The second-order valence-electron chi connectivity index (χ2n) is 9.01. The molecule has 9 heteroatoms. The fraction of sp³-hybridized carbons (Fsp3) is 0.360. The van der Waals surface area contributed by atoms with Gasteiger partial charge in [-0.3, -0.25) is 14.4 Å². The number of benzene rings is 1. The number of H-pyrrole nitrogens is 1. The van der Waals surface area contributed by atoms with Crippen molar-refractivity contribution in [2.75, 3.05) is 4.90 Å². The Labute approximate surface area is 197 Å². The first-order valence-electron chi connectivity index (χ1n) is 11.5. The second-order valence-corrected chi connectivity index (χ2v) is 9.01. The minimum absolute atomic E-state index is 0.0797. The molecule has 1 aromatic carbocycles. The lowest BCUT2D eigenvalue weighted by atomic mass is 10.1. The van der Waals surface area contributed by atoms with Crippen molar-refractivity contribution in [1.82, 2.24) is 29.5 Å². The van der Waals surface area contributed by atoms with E-state index in [1.807, 2.05) is 51.5 Å². The van der Waals surface area contributed by atoms with E-state index in [1.54, 1.807) is 6.20 Å². The van der Waals surface area contributed by atoms with Gasteiger partial charge in [0, 0.05) is 29.8 Å². The molecular weight excluding hydrogens is 433 g/mol. The lowest BCUT2D eigenvalue weighted by Crippen LogP contribution is -2.37. The van der Waals surface area contributed by atoms with Crippen molar-refractivity contribution in [3.8, 4) is 22.8 Å². The minimum Gasteiger partial charge on any atom is -0.339 e. The van der Waals surface area contributed by atoms with E-state index in [0.29, 0.717) is 31.0 Å². The number of nitrogens with zero attached hydrogens (tertiary/aromatic N) is 6. The number of hydrogen-bond acceptors (Lipinski definition) is 4. The highest BCUT2D eigenvalue weighted by molar-refractivity contribution is 5.95. The quantitative estimate of drug-likeness (QED) is 0.438. The third-order valence-electron chi connectivity index (χ3n) is 6.24. The van der Waals surface area contributed by atoms with Gasteiger partial charge in [-0.25, -0.2) is 14.1 Å². The highest BCUT2D eigenvalue weighted by Gasteiger charge is 2.30. The Balaban J connectivity index is 1.44. The van der Waals surface area contributed by atoms with E-state index >= 15 is 0 Å². The highest BCUT2D eigenvalue weighted by atomic mass is 19.1. The van der Waals surface area contributed by atoms with E-state index in [4.69, 9.17) is 5.10 Å². The molecule has 4 heterocycles. The van der Waals surface area contributed by atoms with Crippen LogP contribution in [0.5, 0.6) is 0 Å². The number of halogens is 1. The number of imidazole rings is 1. The first-order chi connectivity index (χ1) is 16.3. The van der Waals surface area contributed by atoms with Crippen molar-refractivity contribution in [3.63, 3.8) is 0 Å². The van der Waals surface area contributed by atoms with Crippen molar-refractivity contribution in [2.45, 2.75) is 59.4 Å². The van der Waals surface area contributed by atoms with E-state index in [-0.39, 0.29) is 11.9 Å². The number of hydrogen-bond donors (Lipinski definition) is 1. The number of aryl methyl sites for hydroxylation is 1. The third-order valence-corrected chi connectivity index (χ3v) is 6.24. The lowest BCUT2D eigenvalue weighted by Gasteiger charge is -2.28. The van der Waals surface area contributed by atoms with Gasteiger partial charge >= 0.3 is 0 Å². The molecule has 1 atom stereocenters. The zero-order valence-electron chi connectivity index (χ0n) is 19.8. The van der Waals surface area contributed by atoms with Crippen molar-refractivity contribution in [1.29, 1.82) is 0 Å². The Morgan fingerprint density at radius 3 is 2.59 bits per heavy atom. The van der Waals surface area contributed by atoms with Gasteiger partial charge in [-0.15, -0.1) is 0 Å². The van der Waals surface area contributed by atoms with Crippen molar-refractivity contribution >= 4 is 11.7 Å². The molecule has 1 aliphatic rings. The van der Waals surface area contributed by atoms with E-state index in [0.717, 1.165) is 33.9 Å². The lowest BCUT2D eigenvalue weighted by molar-refractivity contribution is -0.119. The zero-order chi connectivity index (χ0) is 24.0. The summed E-state index contributed by atoms with van der Waals surface area (Å²) in [4.78, 5) is 22.1. The van der Waals surface area contributed by atoms with Crippen molar-refractivity contribution in [2.24, 2.45) is 0 Å². The Kier molecular flexibility index (Phi) is 5.55. The molecule has 0 spiro atoms. The SMILES string of the molecule is Cc1c(-c2ccnn2C(C)C)nn2c1N(Cc1ccc(-c3ncc(C(C)F)[nH]3)cc1)C(=O)CC2. The average Bonchev–Trinajstić information content (AvgIpc) is 3.55. The maximum absolute atomic E-state index is 13.5. The van der Waals surface area contributed by atoms with Crippen LogP contribution < -0.4 is 4.90 Å². The van der Waals surface area contributed by atoms with Crippen LogP contribution in [-0.2, 0) is 17.9 Å². The Morgan fingerprint density at radius 1 is 1.15 bits per heavy atom. The number of rotatable bonds is 6. The van der Waals surface area contributed by atoms with E-state index in [2.05, 4.69) is 28.9 Å². The maximum atomic E-state index is 13.5. The van der Waals surface area contributed by atoms with Crippen molar-refractivity contribution < 1.29 is 9.18 Å². The first-order valence-corrected chi connectivity index (χ1v) is 11.5. The number of aromatic nitrogens is 6. The molecule has 34 heavy (non-hydrogen) atoms. The van der Waals surface area contributed by atoms with Crippen LogP contribution in [0.1, 0.15) is 56.2 Å². The van der Waals surface area contributed by atoms with Gasteiger partial charge < -0.3 is 4.98 Å². The molecule has 1 aliphatic heterocycles. The Morgan fingerprint density at radius 2 is 1.91 bits per heavy atom. The summed E-state index contributed by atoms with van der Waals surface area (Å²) in [6, 6.07) is 10.00. The van der Waals surface area contributed by atoms with E-state index in [1.165, 1.54) is 13.1 Å². The number of nitrogens with one attached hydrogen (secondary N) is 1. The molecule has 0 saturated heterocycles. The van der Waals surface area contributed by atoms with Gasteiger partial charge in [-0.2, -0.15) is 10.2 Å². The normalized spacial score (nSPS) is 14.6. The van der Waals surface area contributed by atoms with Gasteiger partial charge in [0.05, 0.1) is 30.7 Å². The molecule has 0 fully saturated rings. The number of amides is 1. The summed E-state index contributed by atoms with van der Waals surface area (Å²) in [6.45, 7) is 8.67. The van der Waals surface area contributed by atoms with Gasteiger partial charge in [0.2, 0.25) is 5.91 Å². The molecule has 4 aromatic rings. The van der Waals surface area contributed by atoms with Crippen LogP contribution >= 0.6 is 0 Å². The Bertz CT molecular complexity index is 1330. The maximum Gasteiger partial charge on any atom is 0.230 e. The molecule has 3 aromatic heterocycles. The molecule has 1 unspecified atom stereocenters. The molecule has 0 radical (unpaired) electrons. The summed E-state index contributed by atoms with van der Waals surface area (Å²) in [5.74, 6) is 1.54. The fourth-order valence-electron chi connectivity index (χ4n) is 4.45. The summed E-state index contributed by atoms with van der Waals surface area (Å²) in [5.41, 5.74) is 5.09. The monoisotopic (exact) mass is 461 g/mol. The van der Waals surface area contributed by atoms with Crippen LogP contribution in [0.15, 0.2) is 42.7 Å². The highest BCUT2D eigenvalue weighted by Crippen LogP contribution is 2.35. The summed E-state index contributed by atoms with van der Waals surface area (Å²) in [7, 11) is 0. The van der Waals surface area contributed by atoms with Gasteiger partial charge in [0.15, 0.2) is 0 Å². The van der Waals surface area contributed by atoms with E-state index < -0.39 is 6.17 Å². The van der Waals surface area contributed by atoms with E-state index in [9.17, 15) is 9.18 Å². The summed E-state index contributed by atoms with van der Waals surface area (Å²) in [6.07, 6.45) is 2.62. The standard InChI is InChI=1S/C25H28FN7O/c1-15(2)33-21(9-11-28-33)23-16(3)25-31(22(34)10-12-32(25)30-23)14-18-5-7-19(8-6-18)24-27-13-20(29-24)17(4)26/h5-9,11,13,15,17H,10,12,14H2,1-4H3,(H,27,29). The van der Waals surface area contributed by atoms with Gasteiger partial charge in [-0.1, -0.05) is 24.3 Å². The van der Waals surface area contributed by atoms with Crippen LogP contribution in [0.3, 0.4) is 0 Å². The predicted octanol–water partition coefficient (Wildman–Crippen LogP) is 4.99. The molecule has 1 amide bonds. The summed E-state index contributed by atoms with van der Waals surface area (Å²) in [5, 5.41) is 9.30. The minimum atomic E-state index is -1.09. The zero-order valence-corrected chi connectivity index (χ0v) is 19.8. The van der Waals surface area contributed by atoms with Gasteiger partial charge in [0.1, 0.15) is 23.5 Å². The average molecular weight is 462 g/mol. The third kappa shape index (κ3) is 3.81. The molecule has 0 aliphatic carbocycles. The fourth-order valence-corrected chi connectivity index (χ4v) is 4.45. The van der Waals surface area contributed by atoms with Crippen LogP contribution in [0.25, 0.3) is 22.8 Å². The smallest absolute Gasteiger partial charge is 0.230 e. The topological polar surface area (TPSA) is 84.6 Å². The van der Waals surface area contributed by atoms with Crippen molar-refractivity contribution in [3.05, 3.63) is 59.5 Å².